The van der Waals surface area contributed by atoms with E-state index in [-0.39, 0.29) is 0 Å². The van der Waals surface area contributed by atoms with Crippen molar-refractivity contribution in [3.8, 4) is 39.7 Å². The third kappa shape index (κ3) is 4.45. The van der Waals surface area contributed by atoms with E-state index in [1.807, 2.05) is 78.9 Å². The molecule has 0 radical (unpaired) electrons. The normalized spacial score (nSPS) is 11.1. The molecule has 0 saturated heterocycles. The fourth-order valence-electron chi connectivity index (χ4n) is 7.30. The SMILES string of the molecule is [C-]#[N+]c1ccc(-c2cccc(-c3ccc(-n4c5ccccc5c5cc(C#N)ccc54)cc3)c2)c(-n2c3ccccc3c3ccc([N+]#[C-])cc32)c1. The summed E-state index contributed by atoms with van der Waals surface area (Å²) in [6.07, 6.45) is 0. The van der Waals surface area contributed by atoms with E-state index in [1.165, 1.54) is 0 Å². The van der Waals surface area contributed by atoms with Crippen LogP contribution in [0.2, 0.25) is 0 Å². The van der Waals surface area contributed by atoms with Crippen molar-refractivity contribution < 1.29 is 0 Å². The molecule has 0 spiro atoms. The first-order valence-electron chi connectivity index (χ1n) is 16.2. The van der Waals surface area contributed by atoms with Crippen LogP contribution in [0.15, 0.2) is 152 Å². The monoisotopic (exact) mass is 635 g/mol. The van der Waals surface area contributed by atoms with Gasteiger partial charge in [-0.15, -0.1) is 0 Å². The van der Waals surface area contributed by atoms with Crippen molar-refractivity contribution in [3.05, 3.63) is 180 Å². The van der Waals surface area contributed by atoms with Gasteiger partial charge >= 0.3 is 0 Å². The van der Waals surface area contributed by atoms with Gasteiger partial charge in [0.1, 0.15) is 0 Å². The summed E-state index contributed by atoms with van der Waals surface area (Å²) >= 11 is 0. The van der Waals surface area contributed by atoms with Gasteiger partial charge in [-0.2, -0.15) is 5.26 Å². The van der Waals surface area contributed by atoms with Crippen LogP contribution in [0, 0.1) is 24.5 Å². The molecule has 7 aromatic carbocycles. The average Bonchev–Trinajstić information content (AvgIpc) is 3.69. The second kappa shape index (κ2) is 11.4. The maximum atomic E-state index is 9.53. The van der Waals surface area contributed by atoms with E-state index in [1.54, 1.807) is 0 Å². The Hall–Kier alpha value is -7.39. The van der Waals surface area contributed by atoms with Crippen molar-refractivity contribution in [3.63, 3.8) is 0 Å². The van der Waals surface area contributed by atoms with Crippen molar-refractivity contribution in [1.29, 1.82) is 5.26 Å². The lowest BCUT2D eigenvalue weighted by Crippen LogP contribution is -1.97. The summed E-state index contributed by atoms with van der Waals surface area (Å²) in [5.74, 6) is 0. The van der Waals surface area contributed by atoms with Crippen LogP contribution in [0.25, 0.3) is 86.9 Å². The molecule has 0 fully saturated rings. The summed E-state index contributed by atoms with van der Waals surface area (Å²) < 4.78 is 4.44. The standard InChI is InChI=1S/C45H25N5/c1-47-33-17-21-36(44(26-33)50-42-13-6-3-10-37(42)39-22-18-34(48-2)27-45(39)50)32-9-7-8-31(25-32)30-15-19-35(20-16-30)49-41-12-5-4-11-38(41)40-24-29(28-46)14-23-43(40)49/h3-27H. The smallest absolute Gasteiger partial charge is 0.189 e. The van der Waals surface area contributed by atoms with Gasteiger partial charge < -0.3 is 9.13 Å². The Morgan fingerprint density at radius 1 is 0.460 bits per heavy atom. The van der Waals surface area contributed by atoms with Crippen molar-refractivity contribution in [2.45, 2.75) is 0 Å². The van der Waals surface area contributed by atoms with E-state index in [0.29, 0.717) is 16.9 Å². The largest absolute Gasteiger partial charge is 0.311 e. The molecule has 0 unspecified atom stereocenters. The van der Waals surface area contributed by atoms with Crippen LogP contribution in [0.3, 0.4) is 0 Å². The lowest BCUT2D eigenvalue weighted by molar-refractivity contribution is 1.18. The first kappa shape index (κ1) is 28.8. The van der Waals surface area contributed by atoms with Gasteiger partial charge in [0, 0.05) is 44.0 Å². The number of rotatable bonds is 4. The molecule has 2 heterocycles. The van der Waals surface area contributed by atoms with Gasteiger partial charge in [0.15, 0.2) is 11.4 Å². The number of hydrogen-bond donors (Lipinski definition) is 0. The first-order valence-corrected chi connectivity index (χ1v) is 16.2. The quantitative estimate of drug-likeness (QED) is 0.177. The lowest BCUT2D eigenvalue weighted by Gasteiger charge is -2.16. The predicted octanol–water partition coefficient (Wildman–Crippen LogP) is 12.2. The molecular formula is C45H25N5. The number of nitriles is 1. The van der Waals surface area contributed by atoms with Crippen molar-refractivity contribution in [2.75, 3.05) is 0 Å². The molecule has 50 heavy (non-hydrogen) atoms. The first-order chi connectivity index (χ1) is 24.6. The van der Waals surface area contributed by atoms with Gasteiger partial charge in [-0.1, -0.05) is 91.0 Å². The number of aromatic nitrogens is 2. The van der Waals surface area contributed by atoms with Gasteiger partial charge in [0.05, 0.1) is 41.3 Å². The molecule has 2 aromatic heterocycles. The Morgan fingerprint density at radius 3 is 1.86 bits per heavy atom. The predicted molar refractivity (Wildman–Crippen MR) is 203 cm³/mol. The van der Waals surface area contributed by atoms with Gasteiger partial charge in [-0.3, -0.25) is 0 Å². The Balaban J connectivity index is 1.17. The molecule has 0 bridgehead atoms. The van der Waals surface area contributed by atoms with Crippen molar-refractivity contribution in [2.24, 2.45) is 0 Å². The van der Waals surface area contributed by atoms with E-state index < -0.39 is 0 Å². The van der Waals surface area contributed by atoms with Crippen LogP contribution in [-0.4, -0.2) is 9.13 Å². The van der Waals surface area contributed by atoms with Crippen LogP contribution in [0.5, 0.6) is 0 Å². The fraction of sp³-hybridized carbons (Fsp3) is 0. The molecule has 0 atom stereocenters. The van der Waals surface area contributed by atoms with Gasteiger partial charge in [-0.05, 0) is 77.4 Å². The van der Waals surface area contributed by atoms with Crippen molar-refractivity contribution in [1.82, 2.24) is 9.13 Å². The maximum absolute atomic E-state index is 9.53. The molecule has 0 N–H and O–H groups in total. The highest BCUT2D eigenvalue weighted by Crippen LogP contribution is 2.40. The second-order valence-electron chi connectivity index (χ2n) is 12.3. The van der Waals surface area contributed by atoms with E-state index in [4.69, 9.17) is 13.1 Å². The summed E-state index contributed by atoms with van der Waals surface area (Å²) in [6, 6.07) is 53.5. The zero-order valence-corrected chi connectivity index (χ0v) is 26.7. The molecule has 9 rings (SSSR count). The third-order valence-electron chi connectivity index (χ3n) is 9.57. The van der Waals surface area contributed by atoms with E-state index in [0.717, 1.165) is 77.2 Å². The lowest BCUT2D eigenvalue weighted by atomic mass is 9.97. The van der Waals surface area contributed by atoms with Crippen LogP contribution in [0.4, 0.5) is 11.4 Å². The van der Waals surface area contributed by atoms with Gasteiger partial charge in [-0.25, -0.2) is 9.69 Å². The molecule has 0 aliphatic carbocycles. The summed E-state index contributed by atoms with van der Waals surface area (Å²) in [5.41, 5.74) is 12.0. The Bertz CT molecular complexity index is 2960. The molecule has 9 aromatic rings. The summed E-state index contributed by atoms with van der Waals surface area (Å²) in [7, 11) is 0. The molecule has 5 nitrogen and oxygen atoms in total. The Morgan fingerprint density at radius 2 is 1.10 bits per heavy atom. The maximum Gasteiger partial charge on any atom is 0.189 e. The topological polar surface area (TPSA) is 42.4 Å². The summed E-state index contributed by atoms with van der Waals surface area (Å²) in [6.45, 7) is 15.5. The molecule has 0 aliphatic rings. The fourth-order valence-corrected chi connectivity index (χ4v) is 7.30. The third-order valence-corrected chi connectivity index (χ3v) is 9.57. The van der Waals surface area contributed by atoms with E-state index >= 15 is 0 Å². The minimum Gasteiger partial charge on any atom is -0.311 e. The van der Waals surface area contributed by atoms with Crippen LogP contribution >= 0.6 is 0 Å². The van der Waals surface area contributed by atoms with Crippen LogP contribution < -0.4 is 0 Å². The number of fused-ring (bicyclic) bond motifs is 6. The van der Waals surface area contributed by atoms with Crippen LogP contribution in [0.1, 0.15) is 5.56 Å². The minimum atomic E-state index is 0.552. The average molecular weight is 636 g/mol. The highest BCUT2D eigenvalue weighted by Gasteiger charge is 2.18. The highest BCUT2D eigenvalue weighted by atomic mass is 15.0. The Kier molecular flexibility index (Phi) is 6.56. The number of nitrogens with zero attached hydrogens (tertiary/aromatic N) is 5. The summed E-state index contributed by atoms with van der Waals surface area (Å²) in [5, 5.41) is 13.9. The molecule has 0 aliphatic heterocycles. The zero-order chi connectivity index (χ0) is 33.8. The molecule has 0 saturated carbocycles. The second-order valence-corrected chi connectivity index (χ2v) is 12.3. The number of hydrogen-bond acceptors (Lipinski definition) is 1. The van der Waals surface area contributed by atoms with Gasteiger partial charge in [0.2, 0.25) is 0 Å². The molecule has 0 amide bonds. The van der Waals surface area contributed by atoms with E-state index in [2.05, 4.69) is 97.7 Å². The Labute approximate surface area is 288 Å². The molecule has 5 heteroatoms. The summed E-state index contributed by atoms with van der Waals surface area (Å²) in [4.78, 5) is 7.50. The molecular weight excluding hydrogens is 611 g/mol. The highest BCUT2D eigenvalue weighted by molar-refractivity contribution is 6.11. The van der Waals surface area contributed by atoms with Crippen LogP contribution in [-0.2, 0) is 0 Å². The van der Waals surface area contributed by atoms with Crippen molar-refractivity contribution >= 4 is 55.0 Å². The van der Waals surface area contributed by atoms with Gasteiger partial charge in [0.25, 0.3) is 0 Å². The number of para-hydroxylation sites is 2. The minimum absolute atomic E-state index is 0.552. The number of benzene rings is 7. The zero-order valence-electron chi connectivity index (χ0n) is 26.7. The molecule has 230 valence electrons. The van der Waals surface area contributed by atoms with E-state index in [9.17, 15) is 5.26 Å².